The molecule has 9 rings (SSSR count). The summed E-state index contributed by atoms with van der Waals surface area (Å²) in [6, 6.07) is 10.9. The van der Waals surface area contributed by atoms with Gasteiger partial charge in [-0.05, 0) is 39.0 Å². The van der Waals surface area contributed by atoms with Gasteiger partial charge < -0.3 is 4.98 Å². The minimum Gasteiger partial charge on any atom is -0.360 e. The molecule has 1 aromatic heterocycles. The Hall–Kier alpha value is -4.43. The van der Waals surface area contributed by atoms with E-state index >= 15 is 0 Å². The van der Waals surface area contributed by atoms with Gasteiger partial charge in [0.2, 0.25) is 0 Å². The first-order valence-electron chi connectivity index (χ1n) is 13.2. The molecule has 2 heterocycles. The third-order valence-corrected chi connectivity index (χ3v) is 9.08. The van der Waals surface area contributed by atoms with Crippen molar-refractivity contribution in [2.24, 2.45) is 22.7 Å². The van der Waals surface area contributed by atoms with Crippen LogP contribution in [0.15, 0.2) is 148 Å². The predicted molar refractivity (Wildman–Crippen MR) is 151 cm³/mol. The highest BCUT2D eigenvalue weighted by molar-refractivity contribution is 6.00. The van der Waals surface area contributed by atoms with E-state index in [0.717, 1.165) is 5.70 Å². The van der Waals surface area contributed by atoms with Gasteiger partial charge in [0.25, 0.3) is 0 Å². The molecule has 174 valence electrons. The molecule has 0 amide bonds. The van der Waals surface area contributed by atoms with Crippen molar-refractivity contribution in [2.75, 3.05) is 0 Å². The first kappa shape index (κ1) is 19.7. The topological polar surface area (TPSA) is 28.1 Å². The quantitative estimate of drug-likeness (QED) is 0.467. The van der Waals surface area contributed by atoms with Crippen molar-refractivity contribution in [2.45, 2.75) is 5.92 Å². The Morgan fingerprint density at radius 3 is 2.30 bits per heavy atom. The Morgan fingerprint density at radius 1 is 0.757 bits per heavy atom. The number of nitrogens with zero attached hydrogens (tertiary/aromatic N) is 1. The molecule has 1 N–H and O–H groups in total. The highest BCUT2D eigenvalue weighted by Crippen LogP contribution is 2.58. The van der Waals surface area contributed by atoms with Crippen molar-refractivity contribution in [3.8, 4) is 0 Å². The van der Waals surface area contributed by atoms with Gasteiger partial charge in [-0.2, -0.15) is 0 Å². The van der Waals surface area contributed by atoms with Crippen LogP contribution in [0.1, 0.15) is 28.3 Å². The number of H-pyrrole nitrogens is 1. The van der Waals surface area contributed by atoms with Crippen molar-refractivity contribution >= 4 is 17.4 Å². The molecule has 0 saturated carbocycles. The minimum atomic E-state index is 0.323. The first-order chi connectivity index (χ1) is 18.4. The first-order valence-corrected chi connectivity index (χ1v) is 13.2. The smallest absolute Gasteiger partial charge is 0.0774 e. The summed E-state index contributed by atoms with van der Waals surface area (Å²) in [5.74, 6) is 1.48. The molecule has 0 fully saturated rings. The molecule has 0 radical (unpaired) electrons. The number of allylic oxidation sites excluding steroid dienone is 18. The van der Waals surface area contributed by atoms with E-state index in [4.69, 9.17) is 4.99 Å². The Morgan fingerprint density at radius 2 is 1.49 bits per heavy atom. The van der Waals surface area contributed by atoms with E-state index in [1.165, 1.54) is 61.4 Å². The zero-order valence-electron chi connectivity index (χ0n) is 20.2. The molecule has 2 heteroatoms. The van der Waals surface area contributed by atoms with Crippen molar-refractivity contribution in [1.82, 2.24) is 4.98 Å². The number of hydrogen-bond acceptors (Lipinski definition) is 1. The molecular weight excluding hydrogens is 448 g/mol. The molecule has 4 atom stereocenters. The van der Waals surface area contributed by atoms with Gasteiger partial charge in [0.15, 0.2) is 0 Å². The summed E-state index contributed by atoms with van der Waals surface area (Å²) in [6.45, 7) is 0. The summed E-state index contributed by atoms with van der Waals surface area (Å²) in [6.07, 6.45) is 31.7. The minimum absolute atomic E-state index is 0.323. The Labute approximate surface area is 216 Å². The molecule has 0 spiro atoms. The molecule has 2 aromatic rings. The van der Waals surface area contributed by atoms with Gasteiger partial charge in [-0.1, -0.05) is 103 Å². The number of benzene rings is 1. The second kappa shape index (κ2) is 7.08. The van der Waals surface area contributed by atoms with Crippen LogP contribution in [0.2, 0.25) is 0 Å². The number of fused-ring (bicyclic) bond motifs is 5. The maximum atomic E-state index is 5.17. The Balaban J connectivity index is 1.31. The fraction of sp³-hybridized carbons (Fsp3) is 0.114. The lowest BCUT2D eigenvalue weighted by Crippen LogP contribution is -2.18. The monoisotopic (exact) mass is 472 g/mol. The normalized spacial score (nSPS) is 29.9. The van der Waals surface area contributed by atoms with E-state index in [1.54, 1.807) is 0 Å². The summed E-state index contributed by atoms with van der Waals surface area (Å²) in [7, 11) is 0. The lowest BCUT2D eigenvalue weighted by atomic mass is 9.76. The van der Waals surface area contributed by atoms with E-state index in [2.05, 4.69) is 121 Å². The summed E-state index contributed by atoms with van der Waals surface area (Å²) in [4.78, 5) is 8.93. The zero-order chi connectivity index (χ0) is 24.1. The van der Waals surface area contributed by atoms with E-state index in [1.807, 2.05) is 0 Å². The van der Waals surface area contributed by atoms with Crippen LogP contribution in [0.3, 0.4) is 0 Å². The van der Waals surface area contributed by atoms with Gasteiger partial charge in [0.1, 0.15) is 0 Å². The average Bonchev–Trinajstić information content (AvgIpc) is 3.71. The number of nitrogens with one attached hydrogen (secondary N) is 1. The maximum absolute atomic E-state index is 5.17. The van der Waals surface area contributed by atoms with Gasteiger partial charge >= 0.3 is 0 Å². The highest BCUT2D eigenvalue weighted by atomic mass is 14.8. The average molecular weight is 473 g/mol. The van der Waals surface area contributed by atoms with Crippen molar-refractivity contribution in [3.63, 3.8) is 0 Å². The summed E-state index contributed by atoms with van der Waals surface area (Å²) < 4.78 is 0. The lowest BCUT2D eigenvalue weighted by molar-refractivity contribution is 0.623. The second-order valence-corrected chi connectivity index (χ2v) is 10.7. The van der Waals surface area contributed by atoms with Crippen LogP contribution in [-0.2, 0) is 0 Å². The van der Waals surface area contributed by atoms with Crippen LogP contribution in [0, 0.1) is 17.8 Å². The van der Waals surface area contributed by atoms with E-state index < -0.39 is 0 Å². The molecule has 4 unspecified atom stereocenters. The van der Waals surface area contributed by atoms with Crippen molar-refractivity contribution in [1.29, 1.82) is 0 Å². The van der Waals surface area contributed by atoms with Crippen LogP contribution in [0.5, 0.6) is 0 Å². The Bertz CT molecular complexity index is 1760. The SMILES string of the molecule is C1=CC2=CC=CC3C4=C(C=NC4=C(c4ccccc4)c4[nH]cc5c4C4C=CC=C6C=CC=C5C64)C(=C1)C23. The Kier molecular flexibility index (Phi) is 3.77. The summed E-state index contributed by atoms with van der Waals surface area (Å²) in [5.41, 5.74) is 15.9. The van der Waals surface area contributed by atoms with E-state index in [9.17, 15) is 0 Å². The fourth-order valence-corrected chi connectivity index (χ4v) is 7.65. The molecular formula is C35H24N2. The molecule has 1 aliphatic heterocycles. The number of hydrogen-bond donors (Lipinski definition) is 1. The third kappa shape index (κ3) is 2.48. The maximum Gasteiger partial charge on any atom is 0.0774 e. The standard InChI is InChI=1S/C35H24N2/c1-2-8-22(9-3-1)31(34-32-25-16-6-12-20-10-4-14-23(29(20)25)27(32)18-36-34)35-33-26-17-7-13-21-11-5-15-24(30(21)26)28(33)19-37-35/h1-19,25-26,29-30,36H. The van der Waals surface area contributed by atoms with Crippen LogP contribution >= 0.6 is 0 Å². The van der Waals surface area contributed by atoms with E-state index in [0.29, 0.717) is 23.7 Å². The molecule has 0 bridgehead atoms. The second-order valence-electron chi connectivity index (χ2n) is 10.7. The van der Waals surface area contributed by atoms with Crippen molar-refractivity contribution < 1.29 is 0 Å². The fourth-order valence-electron chi connectivity index (χ4n) is 7.65. The largest absolute Gasteiger partial charge is 0.360 e. The van der Waals surface area contributed by atoms with Gasteiger partial charge in [-0.3, -0.25) is 4.99 Å². The lowest BCUT2D eigenvalue weighted by Gasteiger charge is -2.28. The number of rotatable bonds is 2. The molecule has 0 saturated heterocycles. The van der Waals surface area contributed by atoms with Crippen molar-refractivity contribution in [3.05, 3.63) is 165 Å². The number of aromatic nitrogens is 1. The van der Waals surface area contributed by atoms with Crippen LogP contribution in [-0.4, -0.2) is 11.2 Å². The zero-order valence-corrected chi connectivity index (χ0v) is 20.2. The molecule has 7 aliphatic rings. The summed E-state index contributed by atoms with van der Waals surface area (Å²) in [5, 5.41) is 0. The van der Waals surface area contributed by atoms with Crippen LogP contribution in [0.25, 0.3) is 11.1 Å². The highest BCUT2D eigenvalue weighted by Gasteiger charge is 2.46. The van der Waals surface area contributed by atoms with Gasteiger partial charge in [0, 0.05) is 52.8 Å². The third-order valence-electron chi connectivity index (χ3n) is 9.08. The number of aliphatic imine (C=N–C) groups is 1. The predicted octanol–water partition coefficient (Wildman–Crippen LogP) is 7.56. The number of aromatic amines is 1. The molecule has 37 heavy (non-hydrogen) atoms. The summed E-state index contributed by atoms with van der Waals surface area (Å²) >= 11 is 0. The van der Waals surface area contributed by atoms with Crippen LogP contribution < -0.4 is 0 Å². The van der Waals surface area contributed by atoms with E-state index in [-0.39, 0.29) is 0 Å². The van der Waals surface area contributed by atoms with Crippen LogP contribution in [0.4, 0.5) is 0 Å². The van der Waals surface area contributed by atoms with Gasteiger partial charge in [-0.15, -0.1) is 0 Å². The molecule has 6 aliphatic carbocycles. The van der Waals surface area contributed by atoms with Gasteiger partial charge in [0.05, 0.1) is 11.4 Å². The molecule has 1 aromatic carbocycles. The van der Waals surface area contributed by atoms with Gasteiger partial charge in [-0.25, -0.2) is 0 Å². The molecule has 2 nitrogen and oxygen atoms in total.